The van der Waals surface area contributed by atoms with Gasteiger partial charge in [0.05, 0.1) is 6.61 Å². The Labute approximate surface area is 130 Å². The van der Waals surface area contributed by atoms with Crippen LogP contribution in [0, 0.1) is 11.7 Å². The lowest BCUT2D eigenvalue weighted by Gasteiger charge is -2.18. The normalized spacial score (nSPS) is 12.5. The average molecular weight is 307 g/mol. The van der Waals surface area contributed by atoms with Crippen molar-refractivity contribution < 1.29 is 9.13 Å². The molecule has 1 N–H and O–H groups in total. The van der Waals surface area contributed by atoms with E-state index in [2.05, 4.69) is 22.1 Å². The third-order valence-corrected chi connectivity index (χ3v) is 4.22. The molecule has 0 amide bonds. The summed E-state index contributed by atoms with van der Waals surface area (Å²) in [5.41, 5.74) is 2.13. The van der Waals surface area contributed by atoms with Gasteiger partial charge >= 0.3 is 0 Å². The third-order valence-electron chi connectivity index (χ3n) is 3.49. The van der Waals surface area contributed by atoms with Crippen molar-refractivity contribution in [2.24, 2.45) is 5.92 Å². The summed E-state index contributed by atoms with van der Waals surface area (Å²) in [6.45, 7) is 2.40. The molecule has 1 atom stereocenters. The van der Waals surface area contributed by atoms with E-state index in [9.17, 15) is 4.39 Å². The Morgan fingerprint density at radius 1 is 1.24 bits per heavy atom. The smallest absolute Gasteiger partial charge is 0.126 e. The molecule has 0 radical (unpaired) electrons. The van der Waals surface area contributed by atoms with Gasteiger partial charge in [-0.1, -0.05) is 18.2 Å². The van der Waals surface area contributed by atoms with Crippen LogP contribution in [0.25, 0.3) is 0 Å². The first-order chi connectivity index (χ1) is 10.3. The predicted octanol–water partition coefficient (Wildman–Crippen LogP) is 3.52. The largest absolute Gasteiger partial charge is 0.383 e. The van der Waals surface area contributed by atoms with E-state index < -0.39 is 0 Å². The van der Waals surface area contributed by atoms with E-state index in [1.165, 1.54) is 11.6 Å². The Morgan fingerprint density at radius 3 is 2.81 bits per heavy atom. The van der Waals surface area contributed by atoms with Crippen molar-refractivity contribution in [2.45, 2.75) is 12.8 Å². The zero-order valence-electron chi connectivity index (χ0n) is 12.3. The molecule has 4 heteroatoms. The third kappa shape index (κ3) is 5.58. The number of halogens is 1. The second kappa shape index (κ2) is 8.93. The Morgan fingerprint density at radius 2 is 2.10 bits per heavy atom. The number of thiophene rings is 1. The monoisotopic (exact) mass is 307 g/mol. The molecule has 21 heavy (non-hydrogen) atoms. The number of rotatable bonds is 9. The van der Waals surface area contributed by atoms with E-state index in [0.29, 0.717) is 12.5 Å². The zero-order valence-corrected chi connectivity index (χ0v) is 13.2. The van der Waals surface area contributed by atoms with Crippen LogP contribution < -0.4 is 5.32 Å². The summed E-state index contributed by atoms with van der Waals surface area (Å²) in [6, 6.07) is 9.20. The highest BCUT2D eigenvalue weighted by atomic mass is 32.1. The lowest BCUT2D eigenvalue weighted by molar-refractivity contribution is 0.197. The average Bonchev–Trinajstić information content (AvgIpc) is 2.99. The Kier molecular flexibility index (Phi) is 6.86. The van der Waals surface area contributed by atoms with Crippen LogP contribution >= 0.6 is 11.3 Å². The molecule has 2 nitrogen and oxygen atoms in total. The molecule has 2 rings (SSSR count). The lowest BCUT2D eigenvalue weighted by atomic mass is 9.93. The summed E-state index contributed by atoms with van der Waals surface area (Å²) >= 11 is 1.71. The summed E-state index contributed by atoms with van der Waals surface area (Å²) in [7, 11) is 1.70. The highest BCUT2D eigenvalue weighted by Gasteiger charge is 2.13. The van der Waals surface area contributed by atoms with E-state index >= 15 is 0 Å². The quantitative estimate of drug-likeness (QED) is 0.716. The van der Waals surface area contributed by atoms with Crippen LogP contribution in [0.2, 0.25) is 0 Å². The molecule has 2 aromatic rings. The number of ether oxygens (including phenoxy) is 1. The SMILES string of the molecule is COCCNCC(Cc1ccsc1)Cc1ccccc1F. The van der Waals surface area contributed by atoms with Gasteiger partial charge in [0.1, 0.15) is 5.82 Å². The summed E-state index contributed by atoms with van der Waals surface area (Å²) in [4.78, 5) is 0. The molecular weight excluding hydrogens is 285 g/mol. The van der Waals surface area contributed by atoms with Crippen LogP contribution in [0.1, 0.15) is 11.1 Å². The molecule has 0 aliphatic rings. The topological polar surface area (TPSA) is 21.3 Å². The first-order valence-corrected chi connectivity index (χ1v) is 8.18. The maximum atomic E-state index is 13.8. The molecule has 0 aliphatic heterocycles. The Bertz CT molecular complexity index is 515. The number of methoxy groups -OCH3 is 1. The van der Waals surface area contributed by atoms with Crippen molar-refractivity contribution in [3.8, 4) is 0 Å². The highest BCUT2D eigenvalue weighted by Crippen LogP contribution is 2.18. The highest BCUT2D eigenvalue weighted by molar-refractivity contribution is 7.07. The molecule has 0 aliphatic carbocycles. The summed E-state index contributed by atoms with van der Waals surface area (Å²) < 4.78 is 18.9. The first-order valence-electron chi connectivity index (χ1n) is 7.23. The Hall–Kier alpha value is -1.23. The standard InChI is InChI=1S/C17H22FNOS/c1-20-8-7-19-12-15(10-14-6-9-21-13-14)11-16-4-2-3-5-17(16)18/h2-6,9,13,15,19H,7-8,10-12H2,1H3. The van der Waals surface area contributed by atoms with E-state index in [1.54, 1.807) is 24.5 Å². The number of hydrogen-bond acceptors (Lipinski definition) is 3. The molecule has 0 saturated heterocycles. The summed E-state index contributed by atoms with van der Waals surface area (Å²) in [6.07, 6.45) is 1.72. The van der Waals surface area contributed by atoms with Crippen LogP contribution in [0.5, 0.6) is 0 Å². The van der Waals surface area contributed by atoms with Crippen LogP contribution in [0.3, 0.4) is 0 Å². The van der Waals surface area contributed by atoms with Gasteiger partial charge in [0.25, 0.3) is 0 Å². The van der Waals surface area contributed by atoms with Gasteiger partial charge in [0.2, 0.25) is 0 Å². The molecule has 114 valence electrons. The van der Waals surface area contributed by atoms with Gasteiger partial charge in [-0.05, 0) is 59.3 Å². The minimum Gasteiger partial charge on any atom is -0.383 e. The fourth-order valence-electron chi connectivity index (χ4n) is 2.41. The zero-order chi connectivity index (χ0) is 14.9. The van der Waals surface area contributed by atoms with Crippen LogP contribution in [0.15, 0.2) is 41.1 Å². The van der Waals surface area contributed by atoms with Gasteiger partial charge in [-0.15, -0.1) is 0 Å². The number of benzene rings is 1. The lowest BCUT2D eigenvalue weighted by Crippen LogP contribution is -2.28. The van der Waals surface area contributed by atoms with Crippen molar-refractivity contribution in [2.75, 3.05) is 26.8 Å². The van der Waals surface area contributed by atoms with Crippen molar-refractivity contribution in [1.29, 1.82) is 0 Å². The molecular formula is C17H22FNOS. The molecule has 1 heterocycles. The van der Waals surface area contributed by atoms with Gasteiger partial charge < -0.3 is 10.1 Å². The van der Waals surface area contributed by atoms with E-state index in [0.717, 1.165) is 31.5 Å². The van der Waals surface area contributed by atoms with Gasteiger partial charge in [0.15, 0.2) is 0 Å². The predicted molar refractivity (Wildman–Crippen MR) is 86.4 cm³/mol. The van der Waals surface area contributed by atoms with E-state index in [1.807, 2.05) is 12.1 Å². The second-order valence-electron chi connectivity index (χ2n) is 5.19. The Balaban J connectivity index is 1.95. The molecule has 1 aromatic carbocycles. The van der Waals surface area contributed by atoms with Crippen LogP contribution in [-0.4, -0.2) is 26.8 Å². The van der Waals surface area contributed by atoms with Crippen LogP contribution in [-0.2, 0) is 17.6 Å². The fraction of sp³-hybridized carbons (Fsp3) is 0.412. The maximum Gasteiger partial charge on any atom is 0.126 e. The molecule has 0 bridgehead atoms. The minimum absolute atomic E-state index is 0.107. The molecule has 0 spiro atoms. The van der Waals surface area contributed by atoms with Crippen molar-refractivity contribution in [3.05, 3.63) is 58.0 Å². The molecule has 1 aromatic heterocycles. The summed E-state index contributed by atoms with van der Waals surface area (Å²) in [5.74, 6) is 0.276. The van der Waals surface area contributed by atoms with Crippen molar-refractivity contribution >= 4 is 11.3 Å². The van der Waals surface area contributed by atoms with Gasteiger partial charge in [-0.2, -0.15) is 11.3 Å². The van der Waals surface area contributed by atoms with Gasteiger partial charge in [-0.25, -0.2) is 4.39 Å². The van der Waals surface area contributed by atoms with Gasteiger partial charge in [-0.3, -0.25) is 0 Å². The maximum absolute atomic E-state index is 13.8. The van der Waals surface area contributed by atoms with Crippen LogP contribution in [0.4, 0.5) is 4.39 Å². The van der Waals surface area contributed by atoms with E-state index in [4.69, 9.17) is 4.74 Å². The van der Waals surface area contributed by atoms with Crippen molar-refractivity contribution in [3.63, 3.8) is 0 Å². The minimum atomic E-state index is -0.107. The first kappa shape index (κ1) is 16.1. The number of hydrogen-bond donors (Lipinski definition) is 1. The molecule has 0 fully saturated rings. The van der Waals surface area contributed by atoms with Crippen molar-refractivity contribution in [1.82, 2.24) is 5.32 Å². The molecule has 1 unspecified atom stereocenters. The number of nitrogens with one attached hydrogen (secondary N) is 1. The van der Waals surface area contributed by atoms with E-state index in [-0.39, 0.29) is 5.82 Å². The molecule has 0 saturated carbocycles. The second-order valence-corrected chi connectivity index (χ2v) is 5.97. The fourth-order valence-corrected chi connectivity index (χ4v) is 3.10. The van der Waals surface area contributed by atoms with Gasteiger partial charge in [0, 0.05) is 13.7 Å². The summed E-state index contributed by atoms with van der Waals surface area (Å²) in [5, 5.41) is 7.66.